The Morgan fingerprint density at radius 2 is 1.81 bits per heavy atom. The van der Waals surface area contributed by atoms with Crippen molar-refractivity contribution in [3.05, 3.63) is 47.7 Å². The van der Waals surface area contributed by atoms with Gasteiger partial charge in [-0.15, -0.1) is 0 Å². The van der Waals surface area contributed by atoms with Crippen molar-refractivity contribution in [2.45, 2.75) is 32.6 Å². The molecular weight excluding hydrogens is 418 g/mol. The summed E-state index contributed by atoms with van der Waals surface area (Å²) in [6.45, 7) is 1.74. The van der Waals surface area contributed by atoms with Gasteiger partial charge in [0.25, 0.3) is 5.91 Å². The van der Waals surface area contributed by atoms with Crippen molar-refractivity contribution in [1.82, 2.24) is 15.7 Å². The second kappa shape index (κ2) is 12.3. The molecule has 1 unspecified atom stereocenters. The number of carbonyl (C=O) groups excluding carboxylic acids is 3. The smallest absolute Gasteiger partial charge is 0.335 e. The molecule has 0 spiro atoms. The van der Waals surface area contributed by atoms with Gasteiger partial charge in [-0.1, -0.05) is 38.3 Å². The molecule has 10 heteroatoms. The molecule has 32 heavy (non-hydrogen) atoms. The molecule has 0 bridgehead atoms. The maximum absolute atomic E-state index is 12.4. The predicted molar refractivity (Wildman–Crippen MR) is 114 cm³/mol. The number of hydrogen-bond donors (Lipinski definition) is 4. The fourth-order valence-electron chi connectivity index (χ4n) is 3.05. The zero-order valence-electron chi connectivity index (χ0n) is 17.7. The van der Waals surface area contributed by atoms with Gasteiger partial charge in [0, 0.05) is 5.56 Å². The first kappa shape index (κ1) is 24.6. The van der Waals surface area contributed by atoms with Crippen LogP contribution in [0.1, 0.15) is 53.5 Å². The van der Waals surface area contributed by atoms with E-state index in [2.05, 4.69) is 10.6 Å². The zero-order chi connectivity index (χ0) is 23.5. The molecule has 0 aliphatic carbocycles. The lowest BCUT2D eigenvalue weighted by atomic mass is 10.0. The van der Waals surface area contributed by atoms with Gasteiger partial charge in [0.2, 0.25) is 12.3 Å². The molecule has 0 aliphatic heterocycles. The number of amides is 3. The number of rotatable bonds is 13. The van der Waals surface area contributed by atoms with E-state index in [1.807, 2.05) is 6.92 Å². The quantitative estimate of drug-likeness (QED) is 0.122. The van der Waals surface area contributed by atoms with Crippen LogP contribution in [0.25, 0.3) is 11.3 Å². The van der Waals surface area contributed by atoms with Crippen molar-refractivity contribution >= 4 is 24.2 Å². The van der Waals surface area contributed by atoms with Gasteiger partial charge in [-0.05, 0) is 30.7 Å². The van der Waals surface area contributed by atoms with Crippen molar-refractivity contribution in [2.24, 2.45) is 5.92 Å². The average Bonchev–Trinajstić information content (AvgIpc) is 3.28. The Balaban J connectivity index is 1.89. The monoisotopic (exact) mass is 445 g/mol. The van der Waals surface area contributed by atoms with Crippen LogP contribution in [0.5, 0.6) is 0 Å². The molecule has 0 aliphatic rings. The van der Waals surface area contributed by atoms with Crippen LogP contribution in [0.3, 0.4) is 0 Å². The minimum atomic E-state index is -1.04. The number of aromatic carboxylic acids is 1. The van der Waals surface area contributed by atoms with E-state index in [1.54, 1.807) is 18.2 Å². The Hall–Kier alpha value is -3.66. The lowest BCUT2D eigenvalue weighted by Crippen LogP contribution is -2.42. The van der Waals surface area contributed by atoms with Crippen LogP contribution >= 0.6 is 0 Å². The molecule has 1 heterocycles. The molecule has 2 aromatic rings. The highest BCUT2D eigenvalue weighted by Gasteiger charge is 2.21. The van der Waals surface area contributed by atoms with Crippen molar-refractivity contribution in [1.29, 1.82) is 0 Å². The third kappa shape index (κ3) is 7.24. The lowest BCUT2D eigenvalue weighted by molar-refractivity contribution is -0.154. The van der Waals surface area contributed by atoms with E-state index < -0.39 is 17.8 Å². The SMILES string of the molecule is CCCCCC(CN(O)C=O)C(=O)NCNC(=O)c1ccc(-c2ccc(C(=O)O)cc2)o1. The molecule has 1 atom stereocenters. The number of nitrogens with zero attached hydrogens (tertiary/aromatic N) is 1. The van der Waals surface area contributed by atoms with Crippen LogP contribution in [-0.4, -0.2) is 52.8 Å². The molecule has 0 radical (unpaired) electrons. The Bertz CT molecular complexity index is 924. The van der Waals surface area contributed by atoms with E-state index in [0.717, 1.165) is 19.3 Å². The number of benzene rings is 1. The highest BCUT2D eigenvalue weighted by Crippen LogP contribution is 2.22. The van der Waals surface area contributed by atoms with Gasteiger partial charge < -0.3 is 20.2 Å². The summed E-state index contributed by atoms with van der Waals surface area (Å²) in [5.41, 5.74) is 0.750. The first-order chi connectivity index (χ1) is 15.3. The number of hydroxylamine groups is 2. The van der Waals surface area contributed by atoms with Crippen molar-refractivity contribution < 1.29 is 33.9 Å². The minimum absolute atomic E-state index is 0.0264. The predicted octanol–water partition coefficient (Wildman–Crippen LogP) is 2.49. The van der Waals surface area contributed by atoms with Crippen molar-refractivity contribution in [2.75, 3.05) is 13.2 Å². The maximum atomic E-state index is 12.4. The van der Waals surface area contributed by atoms with Crippen LogP contribution < -0.4 is 10.6 Å². The summed E-state index contributed by atoms with van der Waals surface area (Å²) < 4.78 is 5.52. The van der Waals surface area contributed by atoms with Crippen molar-refractivity contribution in [3.63, 3.8) is 0 Å². The van der Waals surface area contributed by atoms with E-state index in [0.29, 0.717) is 22.8 Å². The Labute approximate surface area is 185 Å². The molecule has 10 nitrogen and oxygen atoms in total. The maximum Gasteiger partial charge on any atom is 0.335 e. The summed E-state index contributed by atoms with van der Waals surface area (Å²) in [4.78, 5) is 46.3. The van der Waals surface area contributed by atoms with Crippen LogP contribution in [0.2, 0.25) is 0 Å². The third-order valence-electron chi connectivity index (χ3n) is 4.81. The van der Waals surface area contributed by atoms with E-state index in [1.165, 1.54) is 18.2 Å². The van der Waals surface area contributed by atoms with Gasteiger partial charge in [0.15, 0.2) is 5.76 Å². The summed E-state index contributed by atoms with van der Waals surface area (Å²) >= 11 is 0. The average molecular weight is 445 g/mol. The Kier molecular flexibility index (Phi) is 9.43. The van der Waals surface area contributed by atoms with Crippen LogP contribution in [0.15, 0.2) is 40.8 Å². The van der Waals surface area contributed by atoms with E-state index in [4.69, 9.17) is 9.52 Å². The molecule has 0 fully saturated rings. The number of furan rings is 1. The van der Waals surface area contributed by atoms with E-state index in [9.17, 15) is 24.4 Å². The largest absolute Gasteiger partial charge is 0.478 e. The number of unbranched alkanes of at least 4 members (excludes halogenated alkanes) is 2. The summed E-state index contributed by atoms with van der Waals surface area (Å²) in [7, 11) is 0. The van der Waals surface area contributed by atoms with E-state index >= 15 is 0 Å². The van der Waals surface area contributed by atoms with Gasteiger partial charge in [-0.2, -0.15) is 0 Å². The zero-order valence-corrected chi connectivity index (χ0v) is 17.7. The van der Waals surface area contributed by atoms with Crippen LogP contribution in [-0.2, 0) is 9.59 Å². The molecular formula is C22H27N3O7. The van der Waals surface area contributed by atoms with Gasteiger partial charge in [0.05, 0.1) is 24.7 Å². The number of carboxylic acids is 1. The highest BCUT2D eigenvalue weighted by molar-refractivity contribution is 5.92. The number of carbonyl (C=O) groups is 4. The second-order valence-electron chi connectivity index (χ2n) is 7.19. The first-order valence-corrected chi connectivity index (χ1v) is 10.3. The Morgan fingerprint density at radius 3 is 2.44 bits per heavy atom. The fourth-order valence-corrected chi connectivity index (χ4v) is 3.05. The van der Waals surface area contributed by atoms with Gasteiger partial charge in [-0.3, -0.25) is 19.6 Å². The standard InChI is InChI=1S/C22H27N3O7/c1-2-3-4-5-17(12-25(31)14-26)20(27)23-13-24-21(28)19-11-10-18(32-19)15-6-8-16(9-7-15)22(29)30/h6-11,14,17,31H,2-5,12-13H2,1H3,(H,23,27)(H,24,28)(H,29,30). The topological polar surface area (TPSA) is 149 Å². The number of nitrogens with one attached hydrogen (secondary N) is 2. The molecule has 3 amide bonds. The molecule has 0 saturated heterocycles. The molecule has 1 aromatic carbocycles. The van der Waals surface area contributed by atoms with Gasteiger partial charge in [-0.25, -0.2) is 9.86 Å². The third-order valence-corrected chi connectivity index (χ3v) is 4.81. The van der Waals surface area contributed by atoms with Crippen molar-refractivity contribution in [3.8, 4) is 11.3 Å². The van der Waals surface area contributed by atoms with Crippen LogP contribution in [0, 0.1) is 5.92 Å². The minimum Gasteiger partial charge on any atom is -0.478 e. The summed E-state index contributed by atoms with van der Waals surface area (Å²) in [5.74, 6) is -2.15. The van der Waals surface area contributed by atoms with E-state index in [-0.39, 0.29) is 36.9 Å². The Morgan fingerprint density at radius 1 is 1.09 bits per heavy atom. The molecule has 172 valence electrons. The molecule has 1 aromatic heterocycles. The summed E-state index contributed by atoms with van der Waals surface area (Å²) in [5, 5.41) is 23.9. The summed E-state index contributed by atoms with van der Waals surface area (Å²) in [6, 6.07) is 9.08. The summed E-state index contributed by atoms with van der Waals surface area (Å²) in [6.07, 6.45) is 3.41. The molecule has 0 saturated carbocycles. The first-order valence-electron chi connectivity index (χ1n) is 10.3. The number of carboxylic acid groups (broad SMARTS) is 1. The number of hydrogen-bond acceptors (Lipinski definition) is 6. The second-order valence-corrected chi connectivity index (χ2v) is 7.19. The fraction of sp³-hybridized carbons (Fsp3) is 0.364. The molecule has 2 rings (SSSR count). The highest BCUT2D eigenvalue weighted by atomic mass is 16.5. The molecule has 4 N–H and O–H groups in total. The van der Waals surface area contributed by atoms with Gasteiger partial charge in [0.1, 0.15) is 5.76 Å². The lowest BCUT2D eigenvalue weighted by Gasteiger charge is -2.19. The normalized spacial score (nSPS) is 11.4. The van der Waals surface area contributed by atoms with Crippen LogP contribution in [0.4, 0.5) is 0 Å². The van der Waals surface area contributed by atoms with Gasteiger partial charge >= 0.3 is 5.97 Å².